The van der Waals surface area contributed by atoms with Crippen molar-refractivity contribution in [3.05, 3.63) is 28.4 Å². The topological polar surface area (TPSA) is 93.8 Å². The van der Waals surface area contributed by atoms with Crippen molar-refractivity contribution in [2.75, 3.05) is 13.2 Å². The monoisotopic (exact) mass is 268 g/mol. The van der Waals surface area contributed by atoms with Gasteiger partial charge >= 0.3 is 5.69 Å². The highest BCUT2D eigenvalue weighted by Gasteiger charge is 2.53. The van der Waals surface area contributed by atoms with Crippen LogP contribution in [0, 0.1) is 6.92 Å². The second kappa shape index (κ2) is 4.38. The number of fused-ring (bicyclic) bond motifs is 3. The predicted octanol–water partition coefficient (Wildman–Crippen LogP) is -1.04. The van der Waals surface area contributed by atoms with Crippen LogP contribution in [0.25, 0.3) is 0 Å². The van der Waals surface area contributed by atoms with E-state index in [1.807, 2.05) is 0 Å². The first kappa shape index (κ1) is 12.7. The van der Waals surface area contributed by atoms with Crippen molar-refractivity contribution in [2.45, 2.75) is 37.4 Å². The van der Waals surface area contributed by atoms with Gasteiger partial charge in [-0.2, -0.15) is 4.98 Å². The molecular weight excluding hydrogens is 252 g/mol. The molecule has 7 nitrogen and oxygen atoms in total. The van der Waals surface area contributed by atoms with E-state index in [0.717, 1.165) is 0 Å². The lowest BCUT2D eigenvalue weighted by Gasteiger charge is -2.51. The Kier molecular flexibility index (Phi) is 2.94. The summed E-state index contributed by atoms with van der Waals surface area (Å²) < 4.78 is 12.6. The van der Waals surface area contributed by atoms with Crippen LogP contribution in [0.4, 0.5) is 0 Å². The summed E-state index contributed by atoms with van der Waals surface area (Å²) in [5.41, 5.74) is -0.787. The Labute approximate surface area is 109 Å². The third-order valence-electron chi connectivity index (χ3n) is 3.68. The lowest BCUT2D eigenvalue weighted by Crippen LogP contribution is -2.63. The van der Waals surface area contributed by atoms with Crippen molar-refractivity contribution < 1.29 is 19.7 Å². The Bertz CT molecular complexity index is 545. The van der Waals surface area contributed by atoms with Gasteiger partial charge in [0.1, 0.15) is 11.7 Å². The molecule has 0 aromatic carbocycles. The van der Waals surface area contributed by atoms with Crippen LogP contribution in [0.5, 0.6) is 0 Å². The minimum Gasteiger partial charge on any atom is -0.393 e. The molecule has 4 heterocycles. The van der Waals surface area contributed by atoms with E-state index in [2.05, 4.69) is 4.98 Å². The minimum absolute atomic E-state index is 0.218. The second-order valence-corrected chi connectivity index (χ2v) is 5.16. The third kappa shape index (κ3) is 1.99. The van der Waals surface area contributed by atoms with Gasteiger partial charge in [0.15, 0.2) is 6.23 Å². The first-order valence-electron chi connectivity index (χ1n) is 6.19. The van der Waals surface area contributed by atoms with E-state index in [4.69, 9.17) is 9.47 Å². The van der Waals surface area contributed by atoms with Crippen LogP contribution >= 0.6 is 0 Å². The zero-order chi connectivity index (χ0) is 13.6. The fraction of sp³-hybridized carbons (Fsp3) is 0.667. The molecule has 0 radical (unpaired) electrons. The molecule has 104 valence electrons. The summed E-state index contributed by atoms with van der Waals surface area (Å²) in [6, 6.07) is 1.69. The highest BCUT2D eigenvalue weighted by molar-refractivity contribution is 5.02. The predicted molar refractivity (Wildman–Crippen MR) is 63.5 cm³/mol. The lowest BCUT2D eigenvalue weighted by atomic mass is 9.87. The van der Waals surface area contributed by atoms with E-state index in [9.17, 15) is 15.0 Å². The maximum Gasteiger partial charge on any atom is 0.349 e. The molecule has 1 aromatic rings. The number of aliphatic hydroxyl groups is 2. The molecule has 2 N–H and O–H groups in total. The van der Waals surface area contributed by atoms with Gasteiger partial charge in [0.05, 0.1) is 19.3 Å². The highest BCUT2D eigenvalue weighted by Crippen LogP contribution is 2.41. The van der Waals surface area contributed by atoms with Crippen molar-refractivity contribution in [1.82, 2.24) is 9.55 Å². The Balaban J connectivity index is 1.99. The summed E-state index contributed by atoms with van der Waals surface area (Å²) >= 11 is 0. The van der Waals surface area contributed by atoms with Crippen LogP contribution in [0.1, 0.15) is 18.3 Å². The van der Waals surface area contributed by atoms with E-state index in [1.165, 1.54) is 4.57 Å². The SMILES string of the molecule is Cc1ccn(C2OC3(CO)COC2C(O)C3)c(=O)n1. The number of hydrogen-bond acceptors (Lipinski definition) is 6. The molecule has 0 amide bonds. The normalized spacial score (nSPS) is 37.5. The molecule has 4 rings (SSSR count). The standard InChI is InChI=1S/C12H16N2O5/c1-7-2-3-14(11(17)13-7)10-9-8(16)4-12(5-15,19-10)6-18-9/h2-3,8-10,15-16H,4-6H2,1H3. The first-order valence-corrected chi connectivity index (χ1v) is 6.19. The van der Waals surface area contributed by atoms with E-state index in [0.29, 0.717) is 12.1 Å². The van der Waals surface area contributed by atoms with Gasteiger partial charge in [-0.1, -0.05) is 0 Å². The summed E-state index contributed by atoms with van der Waals surface area (Å²) in [4.78, 5) is 15.7. The molecule has 4 atom stereocenters. The summed E-state index contributed by atoms with van der Waals surface area (Å²) in [6.45, 7) is 1.68. The maximum atomic E-state index is 11.9. The van der Waals surface area contributed by atoms with Crippen LogP contribution in [-0.4, -0.2) is 50.8 Å². The van der Waals surface area contributed by atoms with Crippen molar-refractivity contribution >= 4 is 0 Å². The number of aryl methyl sites for hydroxylation is 1. The summed E-state index contributed by atoms with van der Waals surface area (Å²) in [6.07, 6.45) is -0.274. The van der Waals surface area contributed by atoms with Gasteiger partial charge in [0, 0.05) is 18.3 Å². The molecule has 4 unspecified atom stereocenters. The smallest absolute Gasteiger partial charge is 0.349 e. The fourth-order valence-corrected chi connectivity index (χ4v) is 2.65. The molecular formula is C12H16N2O5. The van der Waals surface area contributed by atoms with Crippen LogP contribution in [-0.2, 0) is 9.47 Å². The second-order valence-electron chi connectivity index (χ2n) is 5.16. The van der Waals surface area contributed by atoms with E-state index in [-0.39, 0.29) is 13.2 Å². The van der Waals surface area contributed by atoms with Gasteiger partial charge < -0.3 is 19.7 Å². The third-order valence-corrected chi connectivity index (χ3v) is 3.68. The van der Waals surface area contributed by atoms with Crippen LogP contribution in [0.15, 0.2) is 17.1 Å². The number of hydrogen-bond donors (Lipinski definition) is 2. The molecule has 0 spiro atoms. The summed E-state index contributed by atoms with van der Waals surface area (Å²) in [7, 11) is 0. The van der Waals surface area contributed by atoms with Crippen molar-refractivity contribution in [3.63, 3.8) is 0 Å². The van der Waals surface area contributed by atoms with Crippen LogP contribution < -0.4 is 5.69 Å². The lowest BCUT2D eigenvalue weighted by molar-refractivity contribution is -0.330. The molecule has 0 saturated carbocycles. The Morgan fingerprint density at radius 3 is 3.05 bits per heavy atom. The molecule has 1 aromatic heterocycles. The average molecular weight is 268 g/mol. The van der Waals surface area contributed by atoms with Gasteiger partial charge in [-0.3, -0.25) is 4.57 Å². The van der Waals surface area contributed by atoms with Crippen molar-refractivity contribution in [1.29, 1.82) is 0 Å². The molecule has 0 aliphatic carbocycles. The minimum atomic E-state index is -0.941. The Morgan fingerprint density at radius 2 is 2.42 bits per heavy atom. The highest BCUT2D eigenvalue weighted by atomic mass is 16.6. The molecule has 2 bridgehead atoms. The maximum absolute atomic E-state index is 11.9. The molecule has 19 heavy (non-hydrogen) atoms. The molecule has 3 fully saturated rings. The van der Waals surface area contributed by atoms with Gasteiger partial charge in [0.25, 0.3) is 0 Å². The largest absolute Gasteiger partial charge is 0.393 e. The quantitative estimate of drug-likeness (QED) is 0.711. The van der Waals surface area contributed by atoms with E-state index >= 15 is 0 Å². The van der Waals surface area contributed by atoms with Gasteiger partial charge in [0.2, 0.25) is 0 Å². The van der Waals surface area contributed by atoms with Gasteiger partial charge in [-0.25, -0.2) is 4.79 Å². The zero-order valence-electron chi connectivity index (χ0n) is 10.5. The van der Waals surface area contributed by atoms with E-state index < -0.39 is 29.7 Å². The van der Waals surface area contributed by atoms with E-state index in [1.54, 1.807) is 19.2 Å². The number of aromatic nitrogens is 2. The van der Waals surface area contributed by atoms with Gasteiger partial charge in [-0.15, -0.1) is 0 Å². The van der Waals surface area contributed by atoms with Crippen LogP contribution in [0.3, 0.4) is 0 Å². The molecule has 7 heteroatoms. The zero-order valence-corrected chi connectivity index (χ0v) is 10.5. The number of ether oxygens (including phenoxy) is 2. The molecule has 3 saturated heterocycles. The fourth-order valence-electron chi connectivity index (χ4n) is 2.65. The number of nitrogens with zero attached hydrogens (tertiary/aromatic N) is 2. The Hall–Kier alpha value is -1.28. The number of rotatable bonds is 2. The molecule has 3 aliphatic heterocycles. The Morgan fingerprint density at radius 1 is 1.63 bits per heavy atom. The van der Waals surface area contributed by atoms with Crippen LogP contribution in [0.2, 0.25) is 0 Å². The average Bonchev–Trinajstić information content (AvgIpc) is 2.39. The first-order chi connectivity index (χ1) is 9.04. The van der Waals surface area contributed by atoms with Crippen molar-refractivity contribution in [2.24, 2.45) is 0 Å². The summed E-state index contributed by atoms with van der Waals surface area (Å²) in [5, 5.41) is 19.5. The molecule has 3 aliphatic rings. The summed E-state index contributed by atoms with van der Waals surface area (Å²) in [5.74, 6) is 0. The number of aliphatic hydroxyl groups excluding tert-OH is 2. The van der Waals surface area contributed by atoms with Gasteiger partial charge in [-0.05, 0) is 13.0 Å². The van der Waals surface area contributed by atoms with Crippen molar-refractivity contribution in [3.8, 4) is 0 Å².